The predicted octanol–water partition coefficient (Wildman–Crippen LogP) is 3.96. The van der Waals surface area contributed by atoms with Gasteiger partial charge in [-0.1, -0.05) is 65.6 Å². The van der Waals surface area contributed by atoms with Crippen molar-refractivity contribution < 1.29 is 14.0 Å². The smallest absolute Gasteiger partial charge is 0.231 e. The van der Waals surface area contributed by atoms with Crippen LogP contribution >= 0.6 is 23.1 Å². The maximum Gasteiger partial charge on any atom is 0.231 e. The molecule has 1 saturated heterocycles. The van der Waals surface area contributed by atoms with Gasteiger partial charge in [0.2, 0.25) is 16.9 Å². The monoisotopic (exact) mass is 428 g/mol. The molecule has 2 aromatic carbocycles. The minimum absolute atomic E-state index is 0.0363. The number of halogens is 1. The highest BCUT2D eigenvalue weighted by atomic mass is 32.2. The summed E-state index contributed by atoms with van der Waals surface area (Å²) in [7, 11) is 0. The van der Waals surface area contributed by atoms with Crippen LogP contribution in [-0.4, -0.2) is 28.6 Å². The third-order valence-corrected chi connectivity index (χ3v) is 6.52. The average Bonchev–Trinajstić information content (AvgIpc) is 3.34. The molecule has 29 heavy (non-hydrogen) atoms. The van der Waals surface area contributed by atoms with Gasteiger partial charge in [0.05, 0.1) is 11.6 Å². The molecular weight excluding hydrogens is 411 g/mol. The van der Waals surface area contributed by atoms with E-state index < -0.39 is 11.7 Å². The molecule has 2 amide bonds. The summed E-state index contributed by atoms with van der Waals surface area (Å²) in [5.41, 5.74) is 1.37. The Bertz CT molecular complexity index is 1030. The van der Waals surface area contributed by atoms with E-state index in [9.17, 15) is 14.0 Å². The van der Waals surface area contributed by atoms with Crippen molar-refractivity contribution in [2.45, 2.75) is 16.5 Å². The van der Waals surface area contributed by atoms with Crippen molar-refractivity contribution in [3.05, 3.63) is 66.0 Å². The summed E-state index contributed by atoms with van der Waals surface area (Å²) in [4.78, 5) is 26.1. The summed E-state index contributed by atoms with van der Waals surface area (Å²) >= 11 is 2.83. The van der Waals surface area contributed by atoms with Gasteiger partial charge in [-0.15, -0.1) is 10.2 Å². The molecule has 2 heterocycles. The van der Waals surface area contributed by atoms with Crippen molar-refractivity contribution in [1.29, 1.82) is 0 Å². The van der Waals surface area contributed by atoms with Crippen LogP contribution in [0.25, 0.3) is 0 Å². The Morgan fingerprint density at radius 3 is 2.72 bits per heavy atom. The molecule has 0 spiro atoms. The van der Waals surface area contributed by atoms with Gasteiger partial charge in [0.15, 0.2) is 4.34 Å². The lowest BCUT2D eigenvalue weighted by atomic mass is 10.1. The number of aromatic nitrogens is 2. The van der Waals surface area contributed by atoms with E-state index in [0.717, 1.165) is 10.1 Å². The van der Waals surface area contributed by atoms with Crippen LogP contribution in [0.1, 0.15) is 12.0 Å². The molecule has 9 heteroatoms. The van der Waals surface area contributed by atoms with Crippen molar-refractivity contribution in [3.63, 3.8) is 0 Å². The summed E-state index contributed by atoms with van der Waals surface area (Å²) in [5, 5.41) is 11.2. The number of benzene rings is 2. The summed E-state index contributed by atoms with van der Waals surface area (Å²) < 4.78 is 14.7. The van der Waals surface area contributed by atoms with E-state index >= 15 is 0 Å². The Kier molecular flexibility index (Phi) is 5.86. The third kappa shape index (κ3) is 4.63. The third-order valence-electron chi connectivity index (χ3n) is 4.48. The first-order valence-electron chi connectivity index (χ1n) is 8.96. The molecule has 0 radical (unpaired) electrons. The van der Waals surface area contributed by atoms with E-state index in [1.54, 1.807) is 23.9 Å². The van der Waals surface area contributed by atoms with Crippen LogP contribution in [0.2, 0.25) is 0 Å². The first-order chi connectivity index (χ1) is 14.1. The number of anilines is 2. The van der Waals surface area contributed by atoms with Gasteiger partial charge in [-0.2, -0.15) is 0 Å². The van der Waals surface area contributed by atoms with Crippen LogP contribution in [0, 0.1) is 11.7 Å². The molecule has 0 saturated carbocycles. The molecule has 4 rings (SSSR count). The highest BCUT2D eigenvalue weighted by Crippen LogP contribution is 2.30. The number of carbonyl (C=O) groups is 2. The van der Waals surface area contributed by atoms with Crippen molar-refractivity contribution in [2.75, 3.05) is 16.8 Å². The minimum atomic E-state index is -0.563. The molecule has 1 aromatic heterocycles. The molecule has 1 aliphatic heterocycles. The average molecular weight is 429 g/mol. The highest BCUT2D eigenvalue weighted by Gasteiger charge is 2.36. The van der Waals surface area contributed by atoms with Crippen molar-refractivity contribution >= 4 is 45.7 Å². The Morgan fingerprint density at radius 1 is 1.17 bits per heavy atom. The quantitative estimate of drug-likeness (QED) is 0.475. The molecule has 1 unspecified atom stereocenters. The fourth-order valence-corrected chi connectivity index (χ4v) is 4.74. The summed E-state index contributed by atoms with van der Waals surface area (Å²) in [5.74, 6) is -0.866. The fourth-order valence-electron chi connectivity index (χ4n) is 3.03. The SMILES string of the molecule is O=C(Nc1nnc(SCc2ccccc2)s1)C1CC(=O)N(c2ccccc2F)C1. The zero-order chi connectivity index (χ0) is 20.2. The lowest BCUT2D eigenvalue weighted by molar-refractivity contribution is -0.122. The Hall–Kier alpha value is -2.78. The van der Waals surface area contributed by atoms with Gasteiger partial charge in [0, 0.05) is 18.7 Å². The second-order valence-corrected chi connectivity index (χ2v) is 8.69. The van der Waals surface area contributed by atoms with Crippen LogP contribution in [0.4, 0.5) is 15.2 Å². The van der Waals surface area contributed by atoms with Crippen molar-refractivity contribution in [3.8, 4) is 0 Å². The van der Waals surface area contributed by atoms with Crippen LogP contribution in [0.3, 0.4) is 0 Å². The van der Waals surface area contributed by atoms with Crippen molar-refractivity contribution in [1.82, 2.24) is 10.2 Å². The summed E-state index contributed by atoms with van der Waals surface area (Å²) in [6, 6.07) is 16.1. The topological polar surface area (TPSA) is 75.2 Å². The normalized spacial score (nSPS) is 16.2. The van der Waals surface area contributed by atoms with Crippen LogP contribution in [-0.2, 0) is 15.3 Å². The van der Waals surface area contributed by atoms with Crippen LogP contribution in [0.15, 0.2) is 58.9 Å². The zero-order valence-electron chi connectivity index (χ0n) is 15.2. The standard InChI is InChI=1S/C20H17FN4O2S2/c21-15-8-4-5-9-16(15)25-11-14(10-17(25)26)18(27)22-19-23-24-20(29-19)28-12-13-6-2-1-3-7-13/h1-9,14H,10-12H2,(H,22,23,27). The maximum atomic E-state index is 14.0. The van der Waals surface area contributed by atoms with E-state index in [1.165, 1.54) is 33.9 Å². The second kappa shape index (κ2) is 8.71. The van der Waals surface area contributed by atoms with Crippen LogP contribution < -0.4 is 10.2 Å². The Morgan fingerprint density at radius 2 is 1.93 bits per heavy atom. The van der Waals surface area contributed by atoms with E-state index in [-0.39, 0.29) is 30.5 Å². The molecule has 1 fully saturated rings. The van der Waals surface area contributed by atoms with Gasteiger partial charge in [-0.25, -0.2) is 4.39 Å². The van der Waals surface area contributed by atoms with Crippen molar-refractivity contribution in [2.24, 2.45) is 5.92 Å². The summed E-state index contributed by atoms with van der Waals surface area (Å²) in [6.07, 6.45) is 0.0363. The molecular formula is C20H17FN4O2S2. The van der Waals surface area contributed by atoms with Gasteiger partial charge in [0.1, 0.15) is 5.82 Å². The molecule has 148 valence electrons. The minimum Gasteiger partial charge on any atom is -0.309 e. The fraction of sp³-hybridized carbons (Fsp3) is 0.200. The number of carbonyl (C=O) groups excluding carboxylic acids is 2. The van der Waals surface area contributed by atoms with Gasteiger partial charge < -0.3 is 10.2 Å². The van der Waals surface area contributed by atoms with E-state index in [2.05, 4.69) is 15.5 Å². The molecule has 3 aromatic rings. The van der Waals surface area contributed by atoms with Gasteiger partial charge >= 0.3 is 0 Å². The second-order valence-electron chi connectivity index (χ2n) is 6.49. The number of thioether (sulfide) groups is 1. The largest absolute Gasteiger partial charge is 0.309 e. The lowest BCUT2D eigenvalue weighted by Crippen LogP contribution is -2.28. The lowest BCUT2D eigenvalue weighted by Gasteiger charge is -2.17. The Labute approximate surface area is 175 Å². The molecule has 0 aliphatic carbocycles. The predicted molar refractivity (Wildman–Crippen MR) is 111 cm³/mol. The number of hydrogen-bond donors (Lipinski definition) is 1. The highest BCUT2D eigenvalue weighted by molar-refractivity contribution is 8.00. The number of hydrogen-bond acceptors (Lipinski definition) is 6. The van der Waals surface area contributed by atoms with E-state index in [0.29, 0.717) is 5.13 Å². The first-order valence-corrected chi connectivity index (χ1v) is 10.8. The van der Waals surface area contributed by atoms with Gasteiger partial charge in [0.25, 0.3) is 0 Å². The maximum absolute atomic E-state index is 14.0. The number of nitrogens with zero attached hydrogens (tertiary/aromatic N) is 3. The van der Waals surface area contributed by atoms with Crippen LogP contribution in [0.5, 0.6) is 0 Å². The van der Waals surface area contributed by atoms with E-state index in [4.69, 9.17) is 0 Å². The molecule has 1 N–H and O–H groups in total. The molecule has 6 nitrogen and oxygen atoms in total. The molecule has 0 bridgehead atoms. The first kappa shape index (κ1) is 19.5. The van der Waals surface area contributed by atoms with Gasteiger partial charge in [-0.05, 0) is 17.7 Å². The molecule has 1 aliphatic rings. The van der Waals surface area contributed by atoms with E-state index in [1.807, 2.05) is 30.3 Å². The Balaban J connectivity index is 1.35. The van der Waals surface area contributed by atoms with Gasteiger partial charge in [-0.3, -0.25) is 9.59 Å². The zero-order valence-corrected chi connectivity index (χ0v) is 16.9. The number of amides is 2. The number of nitrogens with one attached hydrogen (secondary N) is 1. The summed E-state index contributed by atoms with van der Waals surface area (Å²) in [6.45, 7) is 0.139. The number of para-hydroxylation sites is 1. The molecule has 1 atom stereocenters. The number of rotatable bonds is 6.